The van der Waals surface area contributed by atoms with Crippen LogP contribution in [0.5, 0.6) is 0 Å². The van der Waals surface area contributed by atoms with Gasteiger partial charge in [-0.3, -0.25) is 0 Å². The quantitative estimate of drug-likeness (QED) is 0.844. The molecule has 1 aromatic rings. The average Bonchev–Trinajstić information content (AvgIpc) is 3.28. The Morgan fingerprint density at radius 1 is 1.33 bits per heavy atom. The summed E-state index contributed by atoms with van der Waals surface area (Å²) in [5.41, 5.74) is 1.000. The van der Waals surface area contributed by atoms with Gasteiger partial charge in [0.2, 0.25) is 10.0 Å². The van der Waals surface area contributed by atoms with Gasteiger partial charge in [-0.25, -0.2) is 13.1 Å². The summed E-state index contributed by atoms with van der Waals surface area (Å²) < 4.78 is 27.4. The van der Waals surface area contributed by atoms with E-state index in [-0.39, 0.29) is 16.4 Å². The summed E-state index contributed by atoms with van der Waals surface area (Å²) in [6.07, 6.45) is 3.31. The van der Waals surface area contributed by atoms with Crippen molar-refractivity contribution in [3.8, 4) is 0 Å². The minimum atomic E-state index is -3.48. The van der Waals surface area contributed by atoms with Crippen molar-refractivity contribution in [2.24, 2.45) is 5.41 Å². The van der Waals surface area contributed by atoms with Crippen molar-refractivity contribution in [2.45, 2.75) is 56.6 Å². The molecule has 1 aromatic carbocycles. The molecule has 0 heterocycles. The van der Waals surface area contributed by atoms with Crippen LogP contribution in [-0.2, 0) is 16.6 Å². The molecule has 21 heavy (non-hydrogen) atoms. The van der Waals surface area contributed by atoms with Gasteiger partial charge in [0.05, 0.1) is 4.90 Å². The lowest BCUT2D eigenvalue weighted by Gasteiger charge is -2.11. The zero-order chi connectivity index (χ0) is 15.3. The zero-order valence-electron chi connectivity index (χ0n) is 12.3. The lowest BCUT2D eigenvalue weighted by atomic mass is 10.2. The standard InChI is InChI=1S/C15H21ClN2O2S/c1-15(2)8-14(15)18-21(19,20)12-6-3-10(13(16)7-12)9-17-11-4-5-11/h3,6-7,11,14,17-18H,4-5,8-9H2,1-2H3. The third kappa shape index (κ3) is 3.59. The van der Waals surface area contributed by atoms with Crippen molar-refractivity contribution >= 4 is 21.6 Å². The molecule has 2 fully saturated rings. The predicted octanol–water partition coefficient (Wildman–Crippen LogP) is 2.67. The lowest BCUT2D eigenvalue weighted by molar-refractivity contribution is 0.555. The van der Waals surface area contributed by atoms with Crippen LogP contribution in [-0.4, -0.2) is 20.5 Å². The summed E-state index contributed by atoms with van der Waals surface area (Å²) in [6.45, 7) is 4.80. The third-order valence-electron chi connectivity index (χ3n) is 4.30. The first-order valence-corrected chi connectivity index (χ1v) is 9.18. The summed E-state index contributed by atoms with van der Waals surface area (Å²) in [5, 5.41) is 3.88. The van der Waals surface area contributed by atoms with Crippen molar-refractivity contribution in [1.29, 1.82) is 0 Å². The van der Waals surface area contributed by atoms with E-state index in [2.05, 4.69) is 23.9 Å². The highest BCUT2D eigenvalue weighted by Crippen LogP contribution is 2.45. The first kappa shape index (κ1) is 15.3. The highest BCUT2D eigenvalue weighted by molar-refractivity contribution is 7.89. The number of nitrogens with one attached hydrogen (secondary N) is 2. The molecule has 4 nitrogen and oxygen atoms in total. The van der Waals surface area contributed by atoms with Crippen LogP contribution in [0.15, 0.2) is 23.1 Å². The number of hydrogen-bond acceptors (Lipinski definition) is 3. The van der Waals surface area contributed by atoms with E-state index in [4.69, 9.17) is 11.6 Å². The van der Waals surface area contributed by atoms with Gasteiger partial charge in [-0.05, 0) is 42.4 Å². The molecule has 0 saturated heterocycles. The molecular formula is C15H21ClN2O2S. The molecule has 0 spiro atoms. The fourth-order valence-corrected chi connectivity index (χ4v) is 4.05. The van der Waals surface area contributed by atoms with Crippen LogP contribution < -0.4 is 10.0 Å². The fraction of sp³-hybridized carbons (Fsp3) is 0.600. The summed E-state index contributed by atoms with van der Waals surface area (Å²) >= 11 is 6.22. The van der Waals surface area contributed by atoms with E-state index >= 15 is 0 Å². The van der Waals surface area contributed by atoms with Gasteiger partial charge in [-0.15, -0.1) is 0 Å². The van der Waals surface area contributed by atoms with Gasteiger partial charge < -0.3 is 5.32 Å². The monoisotopic (exact) mass is 328 g/mol. The Bertz CT molecular complexity index is 654. The highest BCUT2D eigenvalue weighted by atomic mass is 35.5. The molecule has 0 aliphatic heterocycles. The minimum absolute atomic E-state index is 0.0254. The zero-order valence-corrected chi connectivity index (χ0v) is 13.9. The normalized spacial score (nSPS) is 24.0. The first-order valence-electron chi connectivity index (χ1n) is 7.32. The Labute approximate surface area is 131 Å². The Morgan fingerprint density at radius 2 is 2.00 bits per heavy atom. The Balaban J connectivity index is 1.71. The lowest BCUT2D eigenvalue weighted by Crippen LogP contribution is -2.28. The van der Waals surface area contributed by atoms with Gasteiger partial charge in [0.1, 0.15) is 0 Å². The van der Waals surface area contributed by atoms with E-state index in [1.807, 2.05) is 0 Å². The second kappa shape index (κ2) is 5.23. The van der Waals surface area contributed by atoms with Crippen LogP contribution in [0.2, 0.25) is 5.02 Å². The van der Waals surface area contributed by atoms with Crippen LogP contribution >= 0.6 is 11.6 Å². The van der Waals surface area contributed by atoms with Gasteiger partial charge in [0, 0.05) is 23.7 Å². The Kier molecular flexibility index (Phi) is 3.81. The maximum absolute atomic E-state index is 12.3. The summed E-state index contributed by atoms with van der Waals surface area (Å²) in [4.78, 5) is 0.241. The van der Waals surface area contributed by atoms with Crippen molar-refractivity contribution in [3.63, 3.8) is 0 Å². The summed E-state index contributed by atoms with van der Waals surface area (Å²) in [7, 11) is -3.48. The molecule has 0 bridgehead atoms. The molecular weight excluding hydrogens is 308 g/mol. The van der Waals surface area contributed by atoms with E-state index < -0.39 is 10.0 Å². The molecule has 1 unspecified atom stereocenters. The maximum Gasteiger partial charge on any atom is 0.240 e. The molecule has 2 N–H and O–H groups in total. The van der Waals surface area contributed by atoms with Crippen molar-refractivity contribution < 1.29 is 8.42 Å². The van der Waals surface area contributed by atoms with Gasteiger partial charge in [0.15, 0.2) is 0 Å². The minimum Gasteiger partial charge on any atom is -0.310 e. The molecule has 116 valence electrons. The second-order valence-corrected chi connectivity index (χ2v) is 8.90. The SMILES string of the molecule is CC1(C)CC1NS(=O)(=O)c1ccc(CNC2CC2)c(Cl)c1. The number of halogens is 1. The topological polar surface area (TPSA) is 58.2 Å². The number of hydrogen-bond donors (Lipinski definition) is 2. The van der Waals surface area contributed by atoms with E-state index in [0.29, 0.717) is 17.6 Å². The molecule has 2 saturated carbocycles. The number of sulfonamides is 1. The van der Waals surface area contributed by atoms with Gasteiger partial charge in [-0.2, -0.15) is 0 Å². The van der Waals surface area contributed by atoms with Crippen molar-refractivity contribution in [2.75, 3.05) is 0 Å². The molecule has 0 amide bonds. The summed E-state index contributed by atoms with van der Waals surface area (Å²) in [5.74, 6) is 0. The van der Waals surface area contributed by atoms with Crippen LogP contribution in [0, 0.1) is 5.41 Å². The van der Waals surface area contributed by atoms with Crippen LogP contribution in [0.3, 0.4) is 0 Å². The van der Waals surface area contributed by atoms with Crippen molar-refractivity contribution in [3.05, 3.63) is 28.8 Å². The second-order valence-electron chi connectivity index (χ2n) is 6.77. The molecule has 2 aliphatic rings. The number of rotatable bonds is 6. The Morgan fingerprint density at radius 3 is 2.52 bits per heavy atom. The molecule has 3 rings (SSSR count). The predicted molar refractivity (Wildman–Crippen MR) is 83.8 cm³/mol. The molecule has 0 radical (unpaired) electrons. The van der Waals surface area contributed by atoms with E-state index in [9.17, 15) is 8.42 Å². The molecule has 1 atom stereocenters. The first-order chi connectivity index (χ1) is 9.78. The number of benzene rings is 1. The van der Waals surface area contributed by atoms with E-state index in [1.54, 1.807) is 18.2 Å². The maximum atomic E-state index is 12.3. The van der Waals surface area contributed by atoms with Crippen LogP contribution in [0.25, 0.3) is 0 Å². The molecule has 2 aliphatic carbocycles. The van der Waals surface area contributed by atoms with Crippen LogP contribution in [0.4, 0.5) is 0 Å². The van der Waals surface area contributed by atoms with Crippen LogP contribution in [0.1, 0.15) is 38.7 Å². The Hall–Kier alpha value is -0.620. The molecule has 0 aromatic heterocycles. The van der Waals surface area contributed by atoms with Crippen molar-refractivity contribution in [1.82, 2.24) is 10.0 Å². The average molecular weight is 329 g/mol. The van der Waals surface area contributed by atoms with E-state index in [0.717, 1.165) is 12.0 Å². The van der Waals surface area contributed by atoms with Gasteiger partial charge in [0.25, 0.3) is 0 Å². The largest absolute Gasteiger partial charge is 0.310 e. The highest BCUT2D eigenvalue weighted by Gasteiger charge is 2.47. The van der Waals surface area contributed by atoms with Gasteiger partial charge >= 0.3 is 0 Å². The summed E-state index contributed by atoms with van der Waals surface area (Å²) in [6, 6.07) is 5.60. The molecule has 6 heteroatoms. The third-order valence-corrected chi connectivity index (χ3v) is 6.13. The fourth-order valence-electron chi connectivity index (χ4n) is 2.30. The smallest absolute Gasteiger partial charge is 0.240 e. The van der Waals surface area contributed by atoms with Gasteiger partial charge in [-0.1, -0.05) is 31.5 Å². The van der Waals surface area contributed by atoms with E-state index in [1.165, 1.54) is 12.8 Å².